The van der Waals surface area contributed by atoms with Crippen molar-refractivity contribution in [3.63, 3.8) is 0 Å². The number of nitrogens with two attached hydrogens (primary N) is 1. The normalized spacial score (nSPS) is 10.9. The predicted octanol–water partition coefficient (Wildman–Crippen LogP) is 2.95. The second-order valence-corrected chi connectivity index (χ2v) is 3.83. The summed E-state index contributed by atoms with van der Waals surface area (Å²) in [7, 11) is 0. The number of nitrogens with one attached hydrogen (secondary N) is 1. The van der Waals surface area contributed by atoms with Gasteiger partial charge in [0.1, 0.15) is 5.82 Å². The summed E-state index contributed by atoms with van der Waals surface area (Å²) < 4.78 is 13.6. The number of fused-ring (bicyclic) bond motifs is 1. The number of halogens is 1. The number of anilines is 1. The molecule has 0 fully saturated rings. The minimum Gasteiger partial charge on any atom is -0.369 e. The van der Waals surface area contributed by atoms with Gasteiger partial charge in [-0.05, 0) is 23.8 Å². The van der Waals surface area contributed by atoms with Crippen LogP contribution in [0.25, 0.3) is 22.2 Å². The fraction of sp³-hybridized carbons (Fsp3) is 0. The third-order valence-electron chi connectivity index (χ3n) is 2.69. The van der Waals surface area contributed by atoms with E-state index in [4.69, 9.17) is 5.73 Å². The highest BCUT2D eigenvalue weighted by Gasteiger charge is 2.06. The van der Waals surface area contributed by atoms with Crippen LogP contribution in [0.5, 0.6) is 0 Å². The summed E-state index contributed by atoms with van der Waals surface area (Å²) in [6.45, 7) is 0. The Hall–Kier alpha value is -2.36. The molecule has 0 aliphatic carbocycles. The second kappa shape index (κ2) is 3.59. The maximum atomic E-state index is 13.6. The van der Waals surface area contributed by atoms with Crippen molar-refractivity contribution in [1.29, 1.82) is 0 Å². The largest absolute Gasteiger partial charge is 0.369 e. The van der Waals surface area contributed by atoms with Crippen molar-refractivity contribution in [2.45, 2.75) is 0 Å². The van der Waals surface area contributed by atoms with Gasteiger partial charge in [0.05, 0.1) is 11.0 Å². The molecule has 0 atom stereocenters. The van der Waals surface area contributed by atoms with E-state index in [2.05, 4.69) is 9.97 Å². The third kappa shape index (κ3) is 1.63. The Morgan fingerprint density at radius 1 is 1.12 bits per heavy atom. The first kappa shape index (κ1) is 9.84. The fourth-order valence-electron chi connectivity index (χ4n) is 1.89. The lowest BCUT2D eigenvalue weighted by molar-refractivity contribution is 0.631. The van der Waals surface area contributed by atoms with Gasteiger partial charge in [-0.2, -0.15) is 0 Å². The quantitative estimate of drug-likeness (QED) is 0.671. The van der Waals surface area contributed by atoms with Crippen molar-refractivity contribution in [3.05, 3.63) is 48.3 Å². The summed E-state index contributed by atoms with van der Waals surface area (Å²) in [5, 5.41) is 0. The Kier molecular flexibility index (Phi) is 2.08. The summed E-state index contributed by atoms with van der Waals surface area (Å²) in [5.74, 6) is 0.126. The van der Waals surface area contributed by atoms with Crippen LogP contribution in [-0.2, 0) is 0 Å². The maximum Gasteiger partial charge on any atom is 0.198 e. The highest BCUT2D eigenvalue weighted by molar-refractivity contribution is 5.83. The van der Waals surface area contributed by atoms with E-state index in [0.29, 0.717) is 11.5 Å². The van der Waals surface area contributed by atoms with Gasteiger partial charge >= 0.3 is 0 Å². The van der Waals surface area contributed by atoms with Crippen LogP contribution in [0.3, 0.4) is 0 Å². The summed E-state index contributed by atoms with van der Waals surface area (Å²) >= 11 is 0. The summed E-state index contributed by atoms with van der Waals surface area (Å²) in [6.07, 6.45) is 0. The molecule has 0 bridgehead atoms. The van der Waals surface area contributed by atoms with Crippen molar-refractivity contribution in [3.8, 4) is 11.1 Å². The van der Waals surface area contributed by atoms with Gasteiger partial charge in [0.25, 0.3) is 0 Å². The van der Waals surface area contributed by atoms with E-state index in [-0.39, 0.29) is 5.82 Å². The SMILES string of the molecule is Nc1nc2cc(-c3ccccc3F)ccc2[nH]1. The Labute approximate surface area is 97.1 Å². The van der Waals surface area contributed by atoms with Gasteiger partial charge < -0.3 is 10.7 Å². The lowest BCUT2D eigenvalue weighted by atomic mass is 10.0. The average molecular weight is 227 g/mol. The van der Waals surface area contributed by atoms with Crippen molar-refractivity contribution in [2.24, 2.45) is 0 Å². The molecule has 3 N–H and O–H groups in total. The van der Waals surface area contributed by atoms with E-state index in [9.17, 15) is 4.39 Å². The number of imidazole rings is 1. The number of benzene rings is 2. The number of hydrogen-bond donors (Lipinski definition) is 2. The minimum absolute atomic E-state index is 0.240. The van der Waals surface area contributed by atoms with Crippen LogP contribution in [0.1, 0.15) is 0 Å². The molecule has 84 valence electrons. The van der Waals surface area contributed by atoms with E-state index in [1.165, 1.54) is 6.07 Å². The molecule has 1 heterocycles. The molecule has 0 radical (unpaired) electrons. The average Bonchev–Trinajstić information content (AvgIpc) is 2.68. The molecule has 0 saturated heterocycles. The topological polar surface area (TPSA) is 54.7 Å². The number of rotatable bonds is 1. The molecule has 4 heteroatoms. The molecule has 0 aliphatic rings. The van der Waals surface area contributed by atoms with Crippen molar-refractivity contribution in [1.82, 2.24) is 9.97 Å². The molecule has 0 amide bonds. The molecule has 17 heavy (non-hydrogen) atoms. The monoisotopic (exact) mass is 227 g/mol. The highest BCUT2D eigenvalue weighted by Crippen LogP contribution is 2.25. The van der Waals surface area contributed by atoms with E-state index >= 15 is 0 Å². The van der Waals surface area contributed by atoms with Gasteiger partial charge in [0.15, 0.2) is 5.95 Å². The molecule has 0 aliphatic heterocycles. The van der Waals surface area contributed by atoms with Gasteiger partial charge in [-0.3, -0.25) is 0 Å². The first-order chi connectivity index (χ1) is 8.24. The molecular formula is C13H10FN3. The van der Waals surface area contributed by atoms with Crippen LogP contribution in [0, 0.1) is 5.82 Å². The molecule has 0 unspecified atom stereocenters. The zero-order valence-electron chi connectivity index (χ0n) is 8.94. The van der Waals surface area contributed by atoms with Crippen molar-refractivity contribution >= 4 is 17.0 Å². The first-order valence-corrected chi connectivity index (χ1v) is 5.24. The van der Waals surface area contributed by atoms with E-state index < -0.39 is 0 Å². The molecule has 0 spiro atoms. The first-order valence-electron chi connectivity index (χ1n) is 5.24. The Morgan fingerprint density at radius 3 is 2.76 bits per heavy atom. The van der Waals surface area contributed by atoms with Crippen molar-refractivity contribution < 1.29 is 4.39 Å². The molecule has 3 nitrogen and oxygen atoms in total. The Bertz CT molecular complexity index is 688. The van der Waals surface area contributed by atoms with Gasteiger partial charge in [0, 0.05) is 5.56 Å². The van der Waals surface area contributed by atoms with Gasteiger partial charge in [-0.1, -0.05) is 24.3 Å². The lowest BCUT2D eigenvalue weighted by Crippen LogP contribution is -1.84. The molecule has 3 rings (SSSR count). The zero-order chi connectivity index (χ0) is 11.8. The highest BCUT2D eigenvalue weighted by atomic mass is 19.1. The van der Waals surface area contributed by atoms with E-state index in [0.717, 1.165) is 16.6 Å². The van der Waals surface area contributed by atoms with Crippen LogP contribution in [-0.4, -0.2) is 9.97 Å². The lowest BCUT2D eigenvalue weighted by Gasteiger charge is -2.02. The van der Waals surface area contributed by atoms with Gasteiger partial charge in [-0.15, -0.1) is 0 Å². The standard InChI is InChI=1S/C13H10FN3/c14-10-4-2-1-3-9(10)8-5-6-11-12(7-8)17-13(15)16-11/h1-7H,(H3,15,16,17). The van der Waals surface area contributed by atoms with Gasteiger partial charge in [0.2, 0.25) is 0 Å². The van der Waals surface area contributed by atoms with Crippen LogP contribution >= 0.6 is 0 Å². The van der Waals surface area contributed by atoms with E-state index in [1.807, 2.05) is 24.3 Å². The van der Waals surface area contributed by atoms with Crippen molar-refractivity contribution in [2.75, 3.05) is 5.73 Å². The van der Waals surface area contributed by atoms with Crippen LogP contribution in [0.2, 0.25) is 0 Å². The third-order valence-corrected chi connectivity index (χ3v) is 2.69. The number of nitrogens with zero attached hydrogens (tertiary/aromatic N) is 1. The predicted molar refractivity (Wildman–Crippen MR) is 65.9 cm³/mol. The number of nitrogen functional groups attached to an aromatic ring is 1. The minimum atomic E-state index is -0.240. The smallest absolute Gasteiger partial charge is 0.198 e. The maximum absolute atomic E-state index is 13.6. The summed E-state index contributed by atoms with van der Waals surface area (Å²) in [5.41, 5.74) is 8.52. The Balaban J connectivity index is 2.21. The zero-order valence-corrected chi connectivity index (χ0v) is 8.94. The number of hydrogen-bond acceptors (Lipinski definition) is 2. The fourth-order valence-corrected chi connectivity index (χ4v) is 1.89. The molecule has 0 saturated carbocycles. The number of aromatic nitrogens is 2. The number of H-pyrrole nitrogens is 1. The van der Waals surface area contributed by atoms with E-state index in [1.54, 1.807) is 12.1 Å². The van der Waals surface area contributed by atoms with Gasteiger partial charge in [-0.25, -0.2) is 9.37 Å². The molecular weight excluding hydrogens is 217 g/mol. The molecule has 2 aromatic carbocycles. The summed E-state index contributed by atoms with van der Waals surface area (Å²) in [4.78, 5) is 7.05. The Morgan fingerprint density at radius 2 is 1.94 bits per heavy atom. The van der Waals surface area contributed by atoms with Crippen LogP contribution in [0.4, 0.5) is 10.3 Å². The van der Waals surface area contributed by atoms with Crippen LogP contribution in [0.15, 0.2) is 42.5 Å². The molecule has 1 aromatic heterocycles. The molecule has 3 aromatic rings. The summed E-state index contributed by atoms with van der Waals surface area (Å²) in [6, 6.07) is 12.2. The van der Waals surface area contributed by atoms with Crippen LogP contribution < -0.4 is 5.73 Å². The number of aromatic amines is 1. The second-order valence-electron chi connectivity index (χ2n) is 3.83.